The maximum Gasteiger partial charge on any atom is 0.360 e. The smallest absolute Gasteiger partial charge is 0.360 e. The van der Waals surface area contributed by atoms with Gasteiger partial charge in [0.15, 0.2) is 23.0 Å². The summed E-state index contributed by atoms with van der Waals surface area (Å²) in [4.78, 5) is 22.5. The third-order valence-corrected chi connectivity index (χ3v) is 3.98. The molecule has 0 bridgehead atoms. The molecule has 0 aromatic carbocycles. The standard InChI is InChI=1S/2C8H9N5O2/c2*1-5-7(8(14)15-2)11-12-13(5)6-3-4-9-10-6/h2*3-4H,1-2H3,(H,9,10). The number of nitrogens with zero attached hydrogens (tertiary/aromatic N) is 8. The van der Waals surface area contributed by atoms with Gasteiger partial charge in [-0.1, -0.05) is 10.4 Å². The fourth-order valence-corrected chi connectivity index (χ4v) is 2.42. The minimum Gasteiger partial charge on any atom is -0.464 e. The molecule has 4 rings (SSSR count). The summed E-state index contributed by atoms with van der Waals surface area (Å²) in [6.45, 7) is 3.46. The Morgan fingerprint density at radius 2 is 1.20 bits per heavy atom. The summed E-state index contributed by atoms with van der Waals surface area (Å²) >= 11 is 0. The number of rotatable bonds is 4. The molecule has 0 aliphatic rings. The van der Waals surface area contributed by atoms with Crippen molar-refractivity contribution >= 4 is 11.9 Å². The fourth-order valence-electron chi connectivity index (χ4n) is 2.42. The van der Waals surface area contributed by atoms with Crippen molar-refractivity contribution in [1.29, 1.82) is 0 Å². The topological polar surface area (TPSA) is 171 Å². The van der Waals surface area contributed by atoms with Crippen LogP contribution in [0.25, 0.3) is 11.6 Å². The zero-order valence-electron chi connectivity index (χ0n) is 16.5. The first-order valence-electron chi connectivity index (χ1n) is 8.48. The maximum absolute atomic E-state index is 11.3. The Balaban J connectivity index is 0.000000171. The Labute approximate surface area is 169 Å². The molecule has 0 amide bonds. The van der Waals surface area contributed by atoms with Crippen molar-refractivity contribution in [1.82, 2.24) is 50.4 Å². The van der Waals surface area contributed by atoms with Gasteiger partial charge in [-0.05, 0) is 13.8 Å². The SMILES string of the molecule is COC(=O)c1nnn(-c2ccn[nH]2)c1C.COC(=O)c1nnn(-c2ccn[nH]2)c1C. The molecule has 0 saturated heterocycles. The lowest BCUT2D eigenvalue weighted by atomic mass is 10.3. The van der Waals surface area contributed by atoms with Gasteiger partial charge in [0.05, 0.1) is 38.0 Å². The van der Waals surface area contributed by atoms with Crippen LogP contribution < -0.4 is 0 Å². The van der Waals surface area contributed by atoms with E-state index in [0.717, 1.165) is 0 Å². The summed E-state index contributed by atoms with van der Waals surface area (Å²) in [5, 5.41) is 28.1. The van der Waals surface area contributed by atoms with E-state index >= 15 is 0 Å². The minimum atomic E-state index is -0.502. The lowest BCUT2D eigenvalue weighted by Gasteiger charge is -1.98. The predicted molar refractivity (Wildman–Crippen MR) is 99.2 cm³/mol. The Bertz CT molecular complexity index is 1040. The van der Waals surface area contributed by atoms with Gasteiger partial charge in [-0.15, -0.1) is 10.2 Å². The maximum atomic E-state index is 11.3. The van der Waals surface area contributed by atoms with Crippen molar-refractivity contribution in [2.75, 3.05) is 14.2 Å². The molecule has 4 aromatic heterocycles. The van der Waals surface area contributed by atoms with Gasteiger partial charge in [-0.2, -0.15) is 19.6 Å². The van der Waals surface area contributed by atoms with Crippen molar-refractivity contribution in [3.8, 4) is 11.6 Å². The van der Waals surface area contributed by atoms with Gasteiger partial charge >= 0.3 is 11.9 Å². The van der Waals surface area contributed by atoms with Crippen LogP contribution in [-0.4, -0.2) is 76.5 Å². The fraction of sp³-hybridized carbons (Fsp3) is 0.250. The van der Waals surface area contributed by atoms with Crippen molar-refractivity contribution in [2.24, 2.45) is 0 Å². The average molecular weight is 414 g/mol. The quantitative estimate of drug-likeness (QED) is 0.438. The predicted octanol–water partition coefficient (Wildman–Crippen LogP) is 0.171. The monoisotopic (exact) mass is 414 g/mol. The van der Waals surface area contributed by atoms with Crippen LogP contribution in [0.15, 0.2) is 24.5 Å². The molecule has 0 unspecified atom stereocenters. The van der Waals surface area contributed by atoms with E-state index in [1.54, 1.807) is 38.4 Å². The number of H-pyrrole nitrogens is 2. The van der Waals surface area contributed by atoms with Crippen molar-refractivity contribution in [3.63, 3.8) is 0 Å². The summed E-state index contributed by atoms with van der Waals surface area (Å²) in [5.74, 6) is 0.293. The van der Waals surface area contributed by atoms with Gasteiger partial charge in [-0.3, -0.25) is 10.2 Å². The molecule has 30 heavy (non-hydrogen) atoms. The van der Waals surface area contributed by atoms with E-state index in [9.17, 15) is 9.59 Å². The Kier molecular flexibility index (Phi) is 5.95. The van der Waals surface area contributed by atoms with Crippen LogP contribution in [0.2, 0.25) is 0 Å². The third-order valence-electron chi connectivity index (χ3n) is 3.98. The first-order chi connectivity index (χ1) is 14.5. The minimum absolute atomic E-state index is 0.201. The van der Waals surface area contributed by atoms with Crippen LogP contribution in [0.1, 0.15) is 32.4 Å². The summed E-state index contributed by atoms with van der Waals surface area (Å²) in [6, 6.07) is 3.45. The lowest BCUT2D eigenvalue weighted by molar-refractivity contribution is 0.0584. The highest BCUT2D eigenvalue weighted by atomic mass is 16.5. The number of hydrogen-bond acceptors (Lipinski definition) is 10. The number of hydrogen-bond donors (Lipinski definition) is 2. The summed E-state index contributed by atoms with van der Waals surface area (Å²) in [6.07, 6.45) is 3.18. The second kappa shape index (κ2) is 8.76. The zero-order valence-corrected chi connectivity index (χ0v) is 16.5. The Morgan fingerprint density at radius 3 is 1.50 bits per heavy atom. The molecule has 2 N–H and O–H groups in total. The van der Waals surface area contributed by atoms with Crippen molar-refractivity contribution < 1.29 is 19.1 Å². The van der Waals surface area contributed by atoms with E-state index in [2.05, 4.69) is 50.5 Å². The zero-order chi connectivity index (χ0) is 21.7. The highest BCUT2D eigenvalue weighted by Gasteiger charge is 2.18. The van der Waals surface area contributed by atoms with E-state index < -0.39 is 11.9 Å². The third kappa shape index (κ3) is 3.91. The van der Waals surface area contributed by atoms with E-state index in [1.165, 1.54) is 23.6 Å². The molecule has 0 spiro atoms. The largest absolute Gasteiger partial charge is 0.464 e. The van der Waals surface area contributed by atoms with Gasteiger partial charge in [0, 0.05) is 12.1 Å². The number of ether oxygens (including phenoxy) is 2. The van der Waals surface area contributed by atoms with Crippen LogP contribution in [0.4, 0.5) is 0 Å². The van der Waals surface area contributed by atoms with Crippen LogP contribution in [-0.2, 0) is 9.47 Å². The molecule has 14 nitrogen and oxygen atoms in total. The lowest BCUT2D eigenvalue weighted by Crippen LogP contribution is -2.05. The molecular formula is C16H18N10O4. The number of carbonyl (C=O) groups excluding carboxylic acids is 2. The van der Waals surface area contributed by atoms with Gasteiger partial charge in [0.2, 0.25) is 0 Å². The van der Waals surface area contributed by atoms with Gasteiger partial charge < -0.3 is 9.47 Å². The molecular weight excluding hydrogens is 396 g/mol. The van der Waals surface area contributed by atoms with Gasteiger partial charge in [-0.25, -0.2) is 9.59 Å². The van der Waals surface area contributed by atoms with Crippen LogP contribution in [0.5, 0.6) is 0 Å². The molecule has 0 atom stereocenters. The molecule has 0 radical (unpaired) electrons. The van der Waals surface area contributed by atoms with E-state index in [0.29, 0.717) is 23.0 Å². The first kappa shape index (κ1) is 20.4. The van der Waals surface area contributed by atoms with Gasteiger partial charge in [0.25, 0.3) is 0 Å². The first-order valence-corrected chi connectivity index (χ1v) is 8.48. The van der Waals surface area contributed by atoms with E-state index in [4.69, 9.17) is 0 Å². The highest BCUT2D eigenvalue weighted by molar-refractivity contribution is 5.88. The van der Waals surface area contributed by atoms with Crippen LogP contribution in [0.3, 0.4) is 0 Å². The summed E-state index contributed by atoms with van der Waals surface area (Å²) < 4.78 is 12.1. The molecule has 4 aromatic rings. The number of methoxy groups -OCH3 is 2. The highest BCUT2D eigenvalue weighted by Crippen LogP contribution is 2.10. The van der Waals surface area contributed by atoms with Gasteiger partial charge in [0.1, 0.15) is 0 Å². The summed E-state index contributed by atoms with van der Waals surface area (Å²) in [7, 11) is 2.61. The van der Waals surface area contributed by atoms with E-state index in [1.807, 2.05) is 0 Å². The van der Waals surface area contributed by atoms with Crippen LogP contribution in [0, 0.1) is 13.8 Å². The van der Waals surface area contributed by atoms with Crippen molar-refractivity contribution in [2.45, 2.75) is 13.8 Å². The Hall–Kier alpha value is -4.36. The molecule has 0 fully saturated rings. The molecule has 0 aliphatic carbocycles. The molecule has 4 heterocycles. The average Bonchev–Trinajstić information content (AvgIpc) is 3.54. The molecule has 0 saturated carbocycles. The number of aromatic amines is 2. The summed E-state index contributed by atoms with van der Waals surface area (Å²) in [5.41, 5.74) is 1.61. The van der Waals surface area contributed by atoms with Crippen molar-refractivity contribution in [3.05, 3.63) is 47.3 Å². The van der Waals surface area contributed by atoms with E-state index in [-0.39, 0.29) is 11.4 Å². The second-order valence-electron chi connectivity index (χ2n) is 5.74. The number of carbonyl (C=O) groups is 2. The number of esters is 2. The van der Waals surface area contributed by atoms with Crippen LogP contribution >= 0.6 is 0 Å². The number of aromatic nitrogens is 10. The normalized spacial score (nSPS) is 10.3. The second-order valence-corrected chi connectivity index (χ2v) is 5.74. The molecule has 156 valence electrons. The Morgan fingerprint density at radius 1 is 0.800 bits per heavy atom. The molecule has 14 heteroatoms. The molecule has 0 aliphatic heterocycles. The number of nitrogens with one attached hydrogen (secondary N) is 2.